The van der Waals surface area contributed by atoms with Crippen LogP contribution in [-0.2, 0) is 0 Å². The van der Waals surface area contributed by atoms with Gasteiger partial charge < -0.3 is 10.8 Å². The van der Waals surface area contributed by atoms with Crippen molar-refractivity contribution in [1.82, 2.24) is 0 Å². The number of benzene rings is 1. The maximum atomic E-state index is 10.3. The monoisotopic (exact) mass is 317 g/mol. The lowest BCUT2D eigenvalue weighted by molar-refractivity contribution is 0.0843. The first kappa shape index (κ1) is 13.3. The highest BCUT2D eigenvalue weighted by atomic mass is 79.9. The van der Waals surface area contributed by atoms with Crippen molar-refractivity contribution >= 4 is 27.5 Å². The lowest BCUT2D eigenvalue weighted by atomic mass is 9.91. The molecule has 0 aliphatic heterocycles. The first-order valence-electron chi connectivity index (χ1n) is 5.98. The maximum Gasteiger partial charge on any atom is 0.0761 e. The van der Waals surface area contributed by atoms with Crippen LogP contribution in [0.4, 0.5) is 0 Å². The first-order valence-corrected chi connectivity index (χ1v) is 7.15. The second-order valence-electron chi connectivity index (χ2n) is 4.73. The van der Waals surface area contributed by atoms with Gasteiger partial charge in [0.05, 0.1) is 12.1 Å². The Hall–Kier alpha value is -0.0900. The van der Waals surface area contributed by atoms with Crippen molar-refractivity contribution in [1.29, 1.82) is 0 Å². The second-order valence-corrected chi connectivity index (χ2v) is 6.02. The molecule has 3 N–H and O–H groups in total. The molecule has 0 aromatic heterocycles. The van der Waals surface area contributed by atoms with Crippen LogP contribution in [0, 0.1) is 5.92 Å². The molecule has 0 spiro atoms. The minimum absolute atomic E-state index is 0.330. The number of rotatable bonds is 3. The summed E-state index contributed by atoms with van der Waals surface area (Å²) in [6, 6.07) is 5.14. The van der Waals surface area contributed by atoms with E-state index in [4.69, 9.17) is 17.3 Å². The fourth-order valence-corrected chi connectivity index (χ4v) is 3.24. The predicted molar refractivity (Wildman–Crippen MR) is 74.0 cm³/mol. The topological polar surface area (TPSA) is 46.2 Å². The van der Waals surface area contributed by atoms with Gasteiger partial charge >= 0.3 is 0 Å². The number of nitrogens with two attached hydrogens (primary N) is 1. The van der Waals surface area contributed by atoms with Crippen LogP contribution in [-0.4, -0.2) is 11.2 Å². The van der Waals surface area contributed by atoms with Gasteiger partial charge in [-0.05, 0) is 42.5 Å². The van der Waals surface area contributed by atoms with E-state index in [0.29, 0.717) is 10.9 Å². The van der Waals surface area contributed by atoms with Crippen LogP contribution < -0.4 is 5.73 Å². The van der Waals surface area contributed by atoms with E-state index in [1.54, 1.807) is 0 Å². The summed E-state index contributed by atoms with van der Waals surface area (Å²) in [4.78, 5) is 0. The zero-order chi connectivity index (χ0) is 12.4. The molecule has 1 aliphatic carbocycles. The van der Waals surface area contributed by atoms with E-state index >= 15 is 0 Å². The third-order valence-corrected chi connectivity index (χ3v) is 4.53. The van der Waals surface area contributed by atoms with Gasteiger partial charge in [0, 0.05) is 9.50 Å². The zero-order valence-electron chi connectivity index (χ0n) is 9.57. The van der Waals surface area contributed by atoms with Crippen molar-refractivity contribution in [2.45, 2.75) is 37.8 Å². The van der Waals surface area contributed by atoms with Crippen LogP contribution in [0.1, 0.15) is 37.3 Å². The average molecular weight is 319 g/mol. The van der Waals surface area contributed by atoms with Gasteiger partial charge in [-0.15, -0.1) is 0 Å². The molecule has 1 aromatic rings. The van der Waals surface area contributed by atoms with E-state index in [0.717, 1.165) is 22.9 Å². The Kier molecular flexibility index (Phi) is 4.47. The Labute approximate surface area is 115 Å². The van der Waals surface area contributed by atoms with Crippen molar-refractivity contribution < 1.29 is 5.11 Å². The molecular formula is C13H17BrClNO. The lowest BCUT2D eigenvalue weighted by Crippen LogP contribution is -2.32. The van der Waals surface area contributed by atoms with Gasteiger partial charge in [-0.2, -0.15) is 0 Å². The predicted octanol–water partition coefficient (Wildman–Crippen LogP) is 3.65. The van der Waals surface area contributed by atoms with Gasteiger partial charge in [0.15, 0.2) is 0 Å². The van der Waals surface area contributed by atoms with Crippen molar-refractivity contribution in [3.05, 3.63) is 33.3 Å². The Bertz CT molecular complexity index is 393. The fourth-order valence-electron chi connectivity index (χ4n) is 2.55. The van der Waals surface area contributed by atoms with Crippen molar-refractivity contribution in [2.75, 3.05) is 0 Å². The standard InChI is InChI=1S/C13H17BrClNO/c14-11-6-5-9(15)7-10(11)12(16)13(17)8-3-1-2-4-8/h5-8,12-13,17H,1-4,16H2/t12-,13+/m1/s1. The Morgan fingerprint density at radius 2 is 2.00 bits per heavy atom. The minimum atomic E-state index is -0.479. The Morgan fingerprint density at radius 3 is 2.65 bits per heavy atom. The summed E-state index contributed by atoms with van der Waals surface area (Å²) in [5.74, 6) is 0.330. The number of hydrogen-bond acceptors (Lipinski definition) is 2. The molecule has 1 aromatic carbocycles. The molecular weight excluding hydrogens is 302 g/mol. The van der Waals surface area contributed by atoms with Crippen LogP contribution in [0.2, 0.25) is 5.02 Å². The molecule has 1 aliphatic rings. The zero-order valence-corrected chi connectivity index (χ0v) is 11.9. The van der Waals surface area contributed by atoms with Gasteiger partial charge in [0.25, 0.3) is 0 Å². The average Bonchev–Trinajstić information content (AvgIpc) is 2.84. The minimum Gasteiger partial charge on any atom is -0.391 e. The van der Waals surface area contributed by atoms with E-state index in [9.17, 15) is 5.11 Å². The number of aliphatic hydroxyl groups excluding tert-OH is 1. The van der Waals surface area contributed by atoms with Crippen LogP contribution >= 0.6 is 27.5 Å². The van der Waals surface area contributed by atoms with Gasteiger partial charge in [0.2, 0.25) is 0 Å². The van der Waals surface area contributed by atoms with E-state index in [2.05, 4.69) is 15.9 Å². The largest absolute Gasteiger partial charge is 0.391 e. The summed E-state index contributed by atoms with van der Waals surface area (Å²) in [5, 5.41) is 10.9. The van der Waals surface area contributed by atoms with Crippen molar-refractivity contribution in [3.8, 4) is 0 Å². The van der Waals surface area contributed by atoms with Gasteiger partial charge in [-0.25, -0.2) is 0 Å². The molecule has 0 radical (unpaired) electrons. The van der Waals surface area contributed by atoms with Crippen LogP contribution in [0.25, 0.3) is 0 Å². The SMILES string of the molecule is N[C@H](c1cc(Cl)ccc1Br)[C@@H](O)C1CCCC1. The summed E-state index contributed by atoms with van der Waals surface area (Å²) < 4.78 is 0.909. The summed E-state index contributed by atoms with van der Waals surface area (Å²) in [7, 11) is 0. The molecule has 1 fully saturated rings. The molecule has 2 atom stereocenters. The molecule has 0 heterocycles. The normalized spacial score (nSPS) is 20.5. The van der Waals surface area contributed by atoms with Gasteiger partial charge in [-0.1, -0.05) is 40.4 Å². The fraction of sp³-hybridized carbons (Fsp3) is 0.538. The molecule has 0 unspecified atom stereocenters. The van der Waals surface area contributed by atoms with Crippen molar-refractivity contribution in [3.63, 3.8) is 0 Å². The molecule has 2 nitrogen and oxygen atoms in total. The molecule has 2 rings (SSSR count). The molecule has 4 heteroatoms. The summed E-state index contributed by atoms with van der Waals surface area (Å²) in [6.07, 6.45) is 4.07. The highest BCUT2D eigenvalue weighted by Crippen LogP contribution is 2.35. The smallest absolute Gasteiger partial charge is 0.0761 e. The molecule has 1 saturated carbocycles. The second kappa shape index (κ2) is 5.70. The van der Waals surface area contributed by atoms with E-state index in [1.807, 2.05) is 18.2 Å². The molecule has 17 heavy (non-hydrogen) atoms. The van der Waals surface area contributed by atoms with Crippen LogP contribution in [0.3, 0.4) is 0 Å². The first-order chi connectivity index (χ1) is 8.09. The molecule has 0 bridgehead atoms. The molecule has 0 saturated heterocycles. The highest BCUT2D eigenvalue weighted by molar-refractivity contribution is 9.10. The third-order valence-electron chi connectivity index (χ3n) is 3.57. The summed E-state index contributed by atoms with van der Waals surface area (Å²) >= 11 is 9.43. The quantitative estimate of drug-likeness (QED) is 0.893. The van der Waals surface area contributed by atoms with Crippen LogP contribution in [0.15, 0.2) is 22.7 Å². The van der Waals surface area contributed by atoms with Gasteiger partial charge in [-0.3, -0.25) is 0 Å². The van der Waals surface area contributed by atoms with Crippen molar-refractivity contribution in [2.24, 2.45) is 11.7 Å². The van der Waals surface area contributed by atoms with E-state index in [-0.39, 0.29) is 6.04 Å². The number of aliphatic hydroxyl groups is 1. The number of hydrogen-bond donors (Lipinski definition) is 2. The van der Waals surface area contributed by atoms with E-state index < -0.39 is 6.10 Å². The van der Waals surface area contributed by atoms with Gasteiger partial charge in [0.1, 0.15) is 0 Å². The third kappa shape index (κ3) is 3.02. The maximum absolute atomic E-state index is 10.3. The Morgan fingerprint density at radius 1 is 1.35 bits per heavy atom. The highest BCUT2D eigenvalue weighted by Gasteiger charge is 2.29. The summed E-state index contributed by atoms with van der Waals surface area (Å²) in [5.41, 5.74) is 7.04. The molecule has 94 valence electrons. The lowest BCUT2D eigenvalue weighted by Gasteiger charge is -2.25. The van der Waals surface area contributed by atoms with Crippen LogP contribution in [0.5, 0.6) is 0 Å². The van der Waals surface area contributed by atoms with E-state index in [1.165, 1.54) is 12.8 Å². The summed E-state index contributed by atoms with van der Waals surface area (Å²) in [6.45, 7) is 0. The molecule has 0 amide bonds. The Balaban J connectivity index is 2.17. The number of halogens is 2.